The maximum absolute atomic E-state index is 13.6. The predicted octanol–water partition coefficient (Wildman–Crippen LogP) is 2.13. The van der Waals surface area contributed by atoms with Crippen LogP contribution in [0.4, 0.5) is 10.1 Å². The first kappa shape index (κ1) is 14.9. The summed E-state index contributed by atoms with van der Waals surface area (Å²) in [5.41, 5.74) is 4.23. The van der Waals surface area contributed by atoms with Gasteiger partial charge in [-0.25, -0.2) is 4.39 Å². The zero-order valence-electron chi connectivity index (χ0n) is 10.6. The van der Waals surface area contributed by atoms with Crippen molar-refractivity contribution in [1.82, 2.24) is 0 Å². The average molecular weight is 267 g/mol. The highest BCUT2D eigenvalue weighted by atomic mass is 19.1. The number of ether oxygens (including phenoxy) is 1. The number of hydrogen-bond acceptors (Lipinski definition) is 5. The van der Waals surface area contributed by atoms with Gasteiger partial charge in [0.15, 0.2) is 11.6 Å². The lowest BCUT2D eigenvalue weighted by Crippen LogP contribution is -2.38. The minimum atomic E-state index is -1.07. The van der Waals surface area contributed by atoms with Gasteiger partial charge in [0, 0.05) is 12.5 Å². The Labute approximate surface area is 109 Å². The Bertz CT molecular complexity index is 525. The zero-order valence-corrected chi connectivity index (χ0v) is 10.6. The number of non-ortho nitro benzene ring substituents is 1. The normalized spacial score (nSPS) is 15.1. The van der Waals surface area contributed by atoms with Crippen molar-refractivity contribution in [1.29, 1.82) is 5.26 Å². The maximum Gasteiger partial charge on any atom is 0.272 e. The fourth-order valence-corrected chi connectivity index (χ4v) is 1.60. The molecule has 0 heterocycles. The largest absolute Gasteiger partial charge is 0.488 e. The summed E-state index contributed by atoms with van der Waals surface area (Å²) in [4.78, 5) is 9.77. The van der Waals surface area contributed by atoms with Gasteiger partial charge in [0.25, 0.3) is 5.69 Å². The van der Waals surface area contributed by atoms with Crippen LogP contribution in [-0.4, -0.2) is 16.6 Å². The third kappa shape index (κ3) is 4.19. The number of nitro benzene ring substituents is 1. The van der Waals surface area contributed by atoms with Crippen LogP contribution in [0.15, 0.2) is 18.2 Å². The molecule has 19 heavy (non-hydrogen) atoms. The van der Waals surface area contributed by atoms with E-state index < -0.39 is 22.4 Å². The Morgan fingerprint density at radius 2 is 2.32 bits per heavy atom. The first-order valence-electron chi connectivity index (χ1n) is 5.56. The molecule has 0 aliphatic rings. The third-order valence-electron chi connectivity index (χ3n) is 2.42. The number of halogens is 1. The quantitative estimate of drug-likeness (QED) is 0.650. The molecule has 7 heteroatoms. The third-order valence-corrected chi connectivity index (χ3v) is 2.42. The highest BCUT2D eigenvalue weighted by molar-refractivity contribution is 5.37. The minimum absolute atomic E-state index is 0.105. The molecule has 2 unspecified atom stereocenters. The van der Waals surface area contributed by atoms with Crippen LogP contribution in [0.25, 0.3) is 0 Å². The van der Waals surface area contributed by atoms with Crippen molar-refractivity contribution in [3.05, 3.63) is 34.1 Å². The zero-order chi connectivity index (χ0) is 14.6. The van der Waals surface area contributed by atoms with E-state index in [-0.39, 0.29) is 17.9 Å². The summed E-state index contributed by atoms with van der Waals surface area (Å²) in [6.07, 6.45) is -0.287. The molecule has 0 saturated carbocycles. The van der Waals surface area contributed by atoms with Gasteiger partial charge in [-0.05, 0) is 19.9 Å². The summed E-state index contributed by atoms with van der Waals surface area (Å²) >= 11 is 0. The van der Waals surface area contributed by atoms with Crippen molar-refractivity contribution in [3.63, 3.8) is 0 Å². The Morgan fingerprint density at radius 3 is 2.79 bits per heavy atom. The SMILES string of the molecule is CC(CC(C)(N)C#N)Oc1ccc([N+](=O)[O-])cc1F. The molecular formula is C12H14FN3O3. The standard InChI is InChI=1S/C12H14FN3O3/c1-8(6-12(2,15)7-14)19-11-4-3-9(16(17)18)5-10(11)13/h3-5,8H,6,15H2,1-2H3. The molecule has 0 radical (unpaired) electrons. The van der Waals surface area contributed by atoms with E-state index in [1.807, 2.05) is 6.07 Å². The first-order valence-corrected chi connectivity index (χ1v) is 5.56. The second-order valence-electron chi connectivity index (χ2n) is 4.53. The molecule has 6 nitrogen and oxygen atoms in total. The number of nitrogens with zero attached hydrogens (tertiary/aromatic N) is 2. The van der Waals surface area contributed by atoms with Crippen LogP contribution < -0.4 is 10.5 Å². The van der Waals surface area contributed by atoms with E-state index in [0.717, 1.165) is 12.1 Å². The second kappa shape index (κ2) is 5.63. The van der Waals surface area contributed by atoms with E-state index in [4.69, 9.17) is 15.7 Å². The van der Waals surface area contributed by atoms with Gasteiger partial charge >= 0.3 is 0 Å². The number of benzene rings is 1. The number of rotatable bonds is 5. The van der Waals surface area contributed by atoms with Gasteiger partial charge in [-0.1, -0.05) is 0 Å². The molecular weight excluding hydrogens is 253 g/mol. The van der Waals surface area contributed by atoms with E-state index in [1.165, 1.54) is 6.07 Å². The van der Waals surface area contributed by atoms with Gasteiger partial charge in [-0.15, -0.1) is 0 Å². The lowest BCUT2D eigenvalue weighted by Gasteiger charge is -2.21. The lowest BCUT2D eigenvalue weighted by molar-refractivity contribution is -0.385. The number of nitriles is 1. The van der Waals surface area contributed by atoms with Crippen LogP contribution in [0.1, 0.15) is 20.3 Å². The molecule has 1 aromatic carbocycles. The molecule has 102 valence electrons. The Hall–Kier alpha value is -2.20. The summed E-state index contributed by atoms with van der Waals surface area (Å²) in [6.45, 7) is 3.18. The molecule has 2 atom stereocenters. The summed E-state index contributed by atoms with van der Waals surface area (Å²) in [5, 5.41) is 19.2. The smallest absolute Gasteiger partial charge is 0.272 e. The highest BCUT2D eigenvalue weighted by Crippen LogP contribution is 2.24. The molecule has 1 rings (SSSR count). The average Bonchev–Trinajstić information content (AvgIpc) is 2.30. The number of nitro groups is 1. The van der Waals surface area contributed by atoms with Crippen molar-refractivity contribution in [2.45, 2.75) is 31.9 Å². The van der Waals surface area contributed by atoms with Gasteiger partial charge in [0.05, 0.1) is 23.2 Å². The van der Waals surface area contributed by atoms with Crippen LogP contribution in [-0.2, 0) is 0 Å². The predicted molar refractivity (Wildman–Crippen MR) is 66.0 cm³/mol. The molecule has 0 saturated heterocycles. The molecule has 0 bridgehead atoms. The van der Waals surface area contributed by atoms with Crippen molar-refractivity contribution in [2.24, 2.45) is 5.73 Å². The fourth-order valence-electron chi connectivity index (χ4n) is 1.60. The van der Waals surface area contributed by atoms with Gasteiger partial charge < -0.3 is 10.5 Å². The molecule has 0 aliphatic carbocycles. The van der Waals surface area contributed by atoms with Crippen LogP contribution in [0, 0.1) is 27.3 Å². The van der Waals surface area contributed by atoms with Crippen molar-refractivity contribution in [2.75, 3.05) is 0 Å². The van der Waals surface area contributed by atoms with Gasteiger partial charge in [0.1, 0.15) is 5.54 Å². The summed E-state index contributed by atoms with van der Waals surface area (Å²) in [5.74, 6) is -0.927. The van der Waals surface area contributed by atoms with E-state index in [0.29, 0.717) is 0 Å². The van der Waals surface area contributed by atoms with Gasteiger partial charge in [-0.3, -0.25) is 10.1 Å². The van der Waals surface area contributed by atoms with Crippen LogP contribution in [0.5, 0.6) is 5.75 Å². The minimum Gasteiger partial charge on any atom is -0.488 e. The van der Waals surface area contributed by atoms with Gasteiger partial charge in [-0.2, -0.15) is 5.26 Å². The number of hydrogen-bond donors (Lipinski definition) is 1. The molecule has 0 aromatic heterocycles. The van der Waals surface area contributed by atoms with E-state index in [2.05, 4.69) is 0 Å². The molecule has 2 N–H and O–H groups in total. The summed E-state index contributed by atoms with van der Waals surface area (Å²) < 4.78 is 18.8. The lowest BCUT2D eigenvalue weighted by atomic mass is 9.98. The van der Waals surface area contributed by atoms with Crippen molar-refractivity contribution in [3.8, 4) is 11.8 Å². The van der Waals surface area contributed by atoms with Crippen molar-refractivity contribution >= 4 is 5.69 Å². The highest BCUT2D eigenvalue weighted by Gasteiger charge is 2.23. The Balaban J connectivity index is 2.78. The molecule has 0 aliphatic heterocycles. The van der Waals surface area contributed by atoms with Gasteiger partial charge in [0.2, 0.25) is 0 Å². The van der Waals surface area contributed by atoms with Crippen LogP contribution >= 0.6 is 0 Å². The molecule has 1 aromatic rings. The summed E-state index contributed by atoms with van der Waals surface area (Å²) in [7, 11) is 0. The molecule has 0 spiro atoms. The van der Waals surface area contributed by atoms with E-state index >= 15 is 0 Å². The van der Waals surface area contributed by atoms with E-state index in [9.17, 15) is 14.5 Å². The van der Waals surface area contributed by atoms with Crippen LogP contribution in [0.3, 0.4) is 0 Å². The first-order chi connectivity index (χ1) is 8.75. The molecule has 0 amide bonds. The summed E-state index contributed by atoms with van der Waals surface area (Å²) in [6, 6.07) is 5.03. The second-order valence-corrected chi connectivity index (χ2v) is 4.53. The Morgan fingerprint density at radius 1 is 1.68 bits per heavy atom. The molecule has 0 fully saturated rings. The van der Waals surface area contributed by atoms with E-state index in [1.54, 1.807) is 13.8 Å². The monoisotopic (exact) mass is 267 g/mol. The fraction of sp³-hybridized carbons (Fsp3) is 0.417. The van der Waals surface area contributed by atoms with Crippen molar-refractivity contribution < 1.29 is 14.1 Å². The Kier molecular flexibility index (Phi) is 4.40. The van der Waals surface area contributed by atoms with Crippen LogP contribution in [0.2, 0.25) is 0 Å². The topological polar surface area (TPSA) is 102 Å². The maximum atomic E-state index is 13.6. The number of nitrogens with two attached hydrogens (primary N) is 1.